The first-order chi connectivity index (χ1) is 13.6. The summed E-state index contributed by atoms with van der Waals surface area (Å²) < 4.78 is 9.39. The molecule has 2 aromatic rings. The van der Waals surface area contributed by atoms with Crippen molar-refractivity contribution in [1.82, 2.24) is 31.7 Å². The maximum absolute atomic E-state index is 11.7. The van der Waals surface area contributed by atoms with E-state index in [1.165, 1.54) is 49.1 Å². The average Bonchev–Trinajstić information content (AvgIpc) is 2.74. The monoisotopic (exact) mass is 388 g/mol. The molecule has 12 nitrogen and oxygen atoms in total. The molecule has 0 bridgehead atoms. The lowest BCUT2D eigenvalue weighted by Gasteiger charge is -2.10. The van der Waals surface area contributed by atoms with Gasteiger partial charge in [-0.2, -0.15) is 0 Å². The van der Waals surface area contributed by atoms with Gasteiger partial charge in [0.2, 0.25) is 0 Å². The van der Waals surface area contributed by atoms with E-state index in [1.807, 2.05) is 10.9 Å². The minimum absolute atomic E-state index is 0.275. The Kier molecular flexibility index (Phi) is 7.68. The van der Waals surface area contributed by atoms with E-state index in [2.05, 4.69) is 20.8 Å². The van der Waals surface area contributed by atoms with Gasteiger partial charge in [-0.1, -0.05) is 0 Å². The molecule has 0 fully saturated rings. The highest BCUT2D eigenvalue weighted by molar-refractivity contribution is 5.95. The molecule has 2 aromatic heterocycles. The van der Waals surface area contributed by atoms with Gasteiger partial charge in [0.05, 0.1) is 0 Å². The number of hydrogen-bond donors (Lipinski definition) is 4. The van der Waals surface area contributed by atoms with E-state index in [-0.39, 0.29) is 13.2 Å². The van der Waals surface area contributed by atoms with Gasteiger partial charge in [-0.3, -0.25) is 30.4 Å². The fourth-order valence-corrected chi connectivity index (χ4v) is 1.71. The van der Waals surface area contributed by atoms with Crippen LogP contribution in [0.5, 0.6) is 0 Å². The summed E-state index contributed by atoms with van der Waals surface area (Å²) in [5.41, 5.74) is 8.91. The molecule has 2 rings (SSSR count). The molecule has 0 radical (unpaired) electrons. The lowest BCUT2D eigenvalue weighted by atomic mass is 10.3. The minimum Gasteiger partial charge on any atom is -0.445 e. The number of hydrazine groups is 2. The molecule has 0 saturated heterocycles. The molecule has 4 amide bonds. The molecule has 0 aliphatic rings. The second kappa shape index (κ2) is 10.7. The highest BCUT2D eigenvalue weighted by atomic mass is 16.6. The van der Waals surface area contributed by atoms with E-state index >= 15 is 0 Å². The Morgan fingerprint density at radius 1 is 0.643 bits per heavy atom. The number of aromatic nitrogens is 2. The quantitative estimate of drug-likeness (QED) is 0.408. The first-order valence-corrected chi connectivity index (χ1v) is 7.82. The molecule has 0 atom stereocenters. The summed E-state index contributed by atoms with van der Waals surface area (Å²) in [5, 5.41) is 0. The van der Waals surface area contributed by atoms with Crippen LogP contribution in [0.4, 0.5) is 9.59 Å². The molecule has 0 aromatic carbocycles. The highest BCUT2D eigenvalue weighted by Gasteiger charge is 2.09. The second-order valence-electron chi connectivity index (χ2n) is 4.90. The Labute approximate surface area is 158 Å². The molecule has 146 valence electrons. The Morgan fingerprint density at radius 3 is 1.36 bits per heavy atom. The van der Waals surface area contributed by atoms with E-state index in [1.54, 1.807) is 0 Å². The molecule has 0 saturated carbocycles. The van der Waals surface area contributed by atoms with Crippen LogP contribution in [0.2, 0.25) is 0 Å². The average molecular weight is 388 g/mol. The van der Waals surface area contributed by atoms with Gasteiger partial charge in [0.1, 0.15) is 13.2 Å². The van der Waals surface area contributed by atoms with E-state index in [4.69, 9.17) is 9.47 Å². The number of nitrogens with zero attached hydrogens (tertiary/aromatic N) is 2. The van der Waals surface area contributed by atoms with Gasteiger partial charge in [-0.15, -0.1) is 0 Å². The first kappa shape index (κ1) is 20.1. The third kappa shape index (κ3) is 6.95. The molecule has 2 heterocycles. The number of rotatable bonds is 5. The summed E-state index contributed by atoms with van der Waals surface area (Å²) in [6, 6.07) is 5.84. The van der Waals surface area contributed by atoms with Gasteiger partial charge < -0.3 is 9.47 Å². The fraction of sp³-hybridized carbons (Fsp3) is 0.125. The van der Waals surface area contributed by atoms with Crippen LogP contribution in [0.15, 0.2) is 49.1 Å². The molecule has 4 N–H and O–H groups in total. The van der Waals surface area contributed by atoms with Gasteiger partial charge >= 0.3 is 12.2 Å². The van der Waals surface area contributed by atoms with Crippen molar-refractivity contribution in [3.05, 3.63) is 60.2 Å². The van der Waals surface area contributed by atoms with Crippen LogP contribution in [0.1, 0.15) is 20.7 Å². The maximum atomic E-state index is 11.7. The summed E-state index contributed by atoms with van der Waals surface area (Å²) in [7, 11) is 0. The summed E-state index contributed by atoms with van der Waals surface area (Å²) in [5.74, 6) is -1.11. The summed E-state index contributed by atoms with van der Waals surface area (Å²) in [4.78, 5) is 53.7. The van der Waals surface area contributed by atoms with E-state index in [0.29, 0.717) is 11.1 Å². The van der Waals surface area contributed by atoms with Crippen molar-refractivity contribution in [1.29, 1.82) is 0 Å². The molecular weight excluding hydrogens is 372 g/mol. The van der Waals surface area contributed by atoms with Crippen molar-refractivity contribution in [3.8, 4) is 0 Å². The Balaban J connectivity index is 1.55. The summed E-state index contributed by atoms with van der Waals surface area (Å²) in [6.45, 7) is -0.550. The highest BCUT2D eigenvalue weighted by Crippen LogP contribution is 1.95. The lowest BCUT2D eigenvalue weighted by Crippen LogP contribution is -2.43. The zero-order chi connectivity index (χ0) is 20.2. The van der Waals surface area contributed by atoms with Gasteiger partial charge in [0.15, 0.2) is 0 Å². The standard InChI is InChI=1S/C16H16N6O6/c23-13(11-1-5-17-6-2-11)19-21-15(25)27-9-10-28-16(26)22-20-14(24)12-3-7-18-8-4-12/h1-8H,9-10H2,(H,19,23)(H,20,24)(H,21,25)(H,22,26). The number of hydrogen-bond acceptors (Lipinski definition) is 8. The van der Waals surface area contributed by atoms with Crippen molar-refractivity contribution in [2.45, 2.75) is 0 Å². The Bertz CT molecular complexity index is 747. The number of ether oxygens (including phenoxy) is 2. The van der Waals surface area contributed by atoms with Gasteiger partial charge in [0.25, 0.3) is 11.8 Å². The van der Waals surface area contributed by atoms with Crippen molar-refractivity contribution < 1.29 is 28.7 Å². The van der Waals surface area contributed by atoms with Crippen molar-refractivity contribution >= 4 is 24.0 Å². The van der Waals surface area contributed by atoms with Crippen LogP contribution in [0.25, 0.3) is 0 Å². The predicted octanol–water partition coefficient (Wildman–Crippen LogP) is -0.0812. The molecular formula is C16H16N6O6. The number of amides is 4. The van der Waals surface area contributed by atoms with Crippen molar-refractivity contribution in [2.24, 2.45) is 0 Å². The Hall–Kier alpha value is -4.22. The van der Waals surface area contributed by atoms with Gasteiger partial charge in [0, 0.05) is 35.9 Å². The smallest absolute Gasteiger partial charge is 0.426 e. The molecule has 12 heteroatoms. The normalized spacial score (nSPS) is 9.57. The fourth-order valence-electron chi connectivity index (χ4n) is 1.71. The molecule has 0 aliphatic carbocycles. The Morgan fingerprint density at radius 2 is 1.00 bits per heavy atom. The molecule has 28 heavy (non-hydrogen) atoms. The molecule has 0 aliphatic heterocycles. The maximum Gasteiger partial charge on any atom is 0.426 e. The van der Waals surface area contributed by atoms with Crippen LogP contribution >= 0.6 is 0 Å². The van der Waals surface area contributed by atoms with Gasteiger partial charge in [-0.05, 0) is 24.3 Å². The number of nitrogens with one attached hydrogen (secondary N) is 4. The van der Waals surface area contributed by atoms with E-state index in [9.17, 15) is 19.2 Å². The molecule has 0 spiro atoms. The van der Waals surface area contributed by atoms with Crippen LogP contribution in [0, 0.1) is 0 Å². The van der Waals surface area contributed by atoms with Crippen LogP contribution in [0.3, 0.4) is 0 Å². The number of carbonyl (C=O) groups is 4. The number of pyridine rings is 2. The third-order valence-corrected chi connectivity index (χ3v) is 2.99. The number of carbonyl (C=O) groups excluding carboxylic acids is 4. The van der Waals surface area contributed by atoms with Crippen molar-refractivity contribution in [3.63, 3.8) is 0 Å². The van der Waals surface area contributed by atoms with Gasteiger partial charge in [-0.25, -0.2) is 20.4 Å². The molecule has 0 unspecified atom stereocenters. The first-order valence-electron chi connectivity index (χ1n) is 7.82. The minimum atomic E-state index is -0.947. The van der Waals surface area contributed by atoms with Crippen LogP contribution < -0.4 is 21.7 Å². The zero-order valence-corrected chi connectivity index (χ0v) is 14.4. The largest absolute Gasteiger partial charge is 0.445 e. The van der Waals surface area contributed by atoms with Crippen LogP contribution in [-0.2, 0) is 9.47 Å². The SMILES string of the molecule is O=C(NNC(=O)c1ccncc1)OCCOC(=O)NNC(=O)c1ccncc1. The van der Waals surface area contributed by atoms with Crippen LogP contribution in [-0.4, -0.2) is 47.2 Å². The third-order valence-electron chi connectivity index (χ3n) is 2.99. The lowest BCUT2D eigenvalue weighted by molar-refractivity contribution is 0.0812. The summed E-state index contributed by atoms with van der Waals surface area (Å²) >= 11 is 0. The van der Waals surface area contributed by atoms with Crippen molar-refractivity contribution in [2.75, 3.05) is 13.2 Å². The zero-order valence-electron chi connectivity index (χ0n) is 14.4. The van der Waals surface area contributed by atoms with E-state index < -0.39 is 24.0 Å². The van der Waals surface area contributed by atoms with E-state index in [0.717, 1.165) is 0 Å². The predicted molar refractivity (Wildman–Crippen MR) is 92.4 cm³/mol. The second-order valence-corrected chi connectivity index (χ2v) is 4.90. The summed E-state index contributed by atoms with van der Waals surface area (Å²) in [6.07, 6.45) is 3.81. The topological polar surface area (TPSA) is 161 Å².